The van der Waals surface area contributed by atoms with Gasteiger partial charge in [-0.3, -0.25) is 4.79 Å². The summed E-state index contributed by atoms with van der Waals surface area (Å²) >= 11 is 0. The maximum Gasteiger partial charge on any atom is 0.256 e. The van der Waals surface area contributed by atoms with Crippen LogP contribution >= 0.6 is 0 Å². The number of ether oxygens (including phenoxy) is 1. The Bertz CT molecular complexity index is 1260. The zero-order valence-electron chi connectivity index (χ0n) is 22.0. The third-order valence-corrected chi connectivity index (χ3v) is 6.22. The molecule has 5 N–H and O–H groups in total. The first-order chi connectivity index (χ1) is 18.5. The lowest BCUT2D eigenvalue weighted by atomic mass is 10.1. The summed E-state index contributed by atoms with van der Waals surface area (Å²) in [5, 5.41) is 19.9. The number of amides is 1. The summed E-state index contributed by atoms with van der Waals surface area (Å²) in [4.78, 5) is 28.7. The molecule has 1 aliphatic heterocycles. The van der Waals surface area contributed by atoms with E-state index in [1.54, 1.807) is 13.1 Å². The van der Waals surface area contributed by atoms with Crippen LogP contribution in [-0.4, -0.2) is 71.8 Å². The van der Waals surface area contributed by atoms with Gasteiger partial charge in [-0.2, -0.15) is 9.97 Å². The zero-order valence-corrected chi connectivity index (χ0v) is 22.0. The van der Waals surface area contributed by atoms with Crippen molar-refractivity contribution in [1.82, 2.24) is 25.2 Å². The minimum absolute atomic E-state index is 0.124. The van der Waals surface area contributed by atoms with Crippen LogP contribution in [0.25, 0.3) is 0 Å². The molecule has 0 atom stereocenters. The fourth-order valence-corrected chi connectivity index (χ4v) is 4.10. The van der Waals surface area contributed by atoms with Crippen molar-refractivity contribution in [3.63, 3.8) is 0 Å². The van der Waals surface area contributed by atoms with Crippen molar-refractivity contribution in [2.24, 2.45) is 0 Å². The van der Waals surface area contributed by atoms with Gasteiger partial charge in [0.2, 0.25) is 11.8 Å². The Labute approximate surface area is 222 Å². The summed E-state index contributed by atoms with van der Waals surface area (Å²) < 4.78 is 6.13. The van der Waals surface area contributed by atoms with E-state index in [4.69, 9.17) is 10.1 Å². The number of hydrogen-bond donors (Lipinski definition) is 5. The van der Waals surface area contributed by atoms with Crippen molar-refractivity contribution in [2.45, 2.75) is 32.3 Å². The number of pyridine rings is 1. The first kappa shape index (κ1) is 26.8. The Morgan fingerprint density at radius 3 is 2.74 bits per heavy atom. The number of carbonyl (C=O) groups is 1. The van der Waals surface area contributed by atoms with Crippen molar-refractivity contribution in [3.05, 3.63) is 53.7 Å². The van der Waals surface area contributed by atoms with Gasteiger partial charge in [-0.25, -0.2) is 4.98 Å². The maximum absolute atomic E-state index is 12.9. The predicted octanol–water partition coefficient (Wildman–Crippen LogP) is 4.01. The number of hydrogen-bond acceptors (Lipinski definition) is 10. The second kappa shape index (κ2) is 12.8. The van der Waals surface area contributed by atoms with Crippen molar-refractivity contribution in [1.29, 1.82) is 5.41 Å². The largest absolute Gasteiger partial charge is 0.474 e. The Morgan fingerprint density at radius 2 is 2.00 bits per heavy atom. The molecular weight excluding hydrogens is 482 g/mol. The van der Waals surface area contributed by atoms with Crippen LogP contribution in [0, 0.1) is 5.41 Å². The number of benzene rings is 1. The molecule has 1 amide bonds. The molecule has 11 heteroatoms. The van der Waals surface area contributed by atoms with E-state index in [1.165, 1.54) is 12.4 Å². The van der Waals surface area contributed by atoms with E-state index in [1.807, 2.05) is 37.3 Å². The van der Waals surface area contributed by atoms with E-state index in [-0.39, 0.29) is 12.0 Å². The molecule has 38 heavy (non-hydrogen) atoms. The van der Waals surface area contributed by atoms with E-state index >= 15 is 0 Å². The molecule has 0 saturated carbocycles. The Kier molecular flexibility index (Phi) is 9.04. The Balaban J connectivity index is 1.57. The summed E-state index contributed by atoms with van der Waals surface area (Å²) in [6.45, 7) is 4.52. The average Bonchev–Trinajstić information content (AvgIpc) is 2.93. The molecule has 1 aliphatic rings. The lowest BCUT2D eigenvalue weighted by molar-refractivity contribution is 0.0954. The standard InChI is InChI=1S/C27H35N9O2/c1-4-12-30-26(37)21-17-31-27(32-19-8-9-22(29-2)18(15-19)16-28)35-25(21)34-23-6-5-7-24(33-23)38-20-10-13-36(3)14-11-20/h5-9,15-17,20,28-29H,4,10-14H2,1-3H3,(H,30,37)(H2,31,32,33,34,35). The van der Waals surface area contributed by atoms with E-state index in [2.05, 4.69) is 48.2 Å². The van der Waals surface area contributed by atoms with Crippen LogP contribution in [0.4, 0.5) is 29.0 Å². The Hall–Kier alpha value is -4.25. The first-order valence-electron chi connectivity index (χ1n) is 12.8. The molecule has 3 aromatic rings. The van der Waals surface area contributed by atoms with Gasteiger partial charge in [0, 0.05) is 62.1 Å². The molecule has 4 rings (SSSR count). The minimum Gasteiger partial charge on any atom is -0.474 e. The van der Waals surface area contributed by atoms with Gasteiger partial charge in [0.1, 0.15) is 23.3 Å². The van der Waals surface area contributed by atoms with Gasteiger partial charge in [-0.15, -0.1) is 0 Å². The highest BCUT2D eigenvalue weighted by atomic mass is 16.5. The van der Waals surface area contributed by atoms with Crippen LogP contribution in [0.15, 0.2) is 42.6 Å². The molecule has 1 fully saturated rings. The second-order valence-corrected chi connectivity index (χ2v) is 9.14. The number of aromatic nitrogens is 3. The van der Waals surface area contributed by atoms with Gasteiger partial charge < -0.3 is 36.3 Å². The summed E-state index contributed by atoms with van der Waals surface area (Å²) in [6, 6.07) is 11.1. The van der Waals surface area contributed by atoms with Crippen molar-refractivity contribution >= 4 is 41.1 Å². The monoisotopic (exact) mass is 517 g/mol. The van der Waals surface area contributed by atoms with Crippen LogP contribution in [0.2, 0.25) is 0 Å². The number of likely N-dealkylation sites (tertiary alicyclic amines) is 1. The van der Waals surface area contributed by atoms with Crippen molar-refractivity contribution < 1.29 is 9.53 Å². The van der Waals surface area contributed by atoms with Crippen LogP contribution in [-0.2, 0) is 0 Å². The molecule has 200 valence electrons. The van der Waals surface area contributed by atoms with Gasteiger partial charge in [-0.1, -0.05) is 13.0 Å². The molecule has 1 saturated heterocycles. The topological polar surface area (TPSA) is 140 Å². The molecule has 2 aromatic heterocycles. The predicted molar refractivity (Wildman–Crippen MR) is 150 cm³/mol. The molecule has 1 aromatic carbocycles. The number of anilines is 5. The third kappa shape index (κ3) is 6.94. The minimum atomic E-state index is -0.274. The maximum atomic E-state index is 12.9. The van der Waals surface area contributed by atoms with E-state index in [0.29, 0.717) is 41.3 Å². The van der Waals surface area contributed by atoms with E-state index in [9.17, 15) is 4.79 Å². The lowest BCUT2D eigenvalue weighted by Crippen LogP contribution is -2.35. The molecule has 0 radical (unpaired) electrons. The van der Waals surface area contributed by atoms with Crippen LogP contribution in [0.1, 0.15) is 42.1 Å². The SMILES string of the molecule is CCCNC(=O)c1cnc(Nc2ccc(NC)c(C=N)c2)nc1Nc1cccc(OC2CCN(C)CC2)n1. The summed E-state index contributed by atoms with van der Waals surface area (Å²) in [5.41, 5.74) is 2.57. The normalized spacial score (nSPS) is 14.0. The van der Waals surface area contributed by atoms with Crippen LogP contribution in [0.5, 0.6) is 5.88 Å². The van der Waals surface area contributed by atoms with Gasteiger partial charge in [0.25, 0.3) is 5.91 Å². The number of carbonyl (C=O) groups excluding carboxylic acids is 1. The summed E-state index contributed by atoms with van der Waals surface area (Å²) in [6.07, 6.45) is 5.60. The third-order valence-electron chi connectivity index (χ3n) is 6.22. The highest BCUT2D eigenvalue weighted by Gasteiger charge is 2.19. The highest BCUT2D eigenvalue weighted by molar-refractivity contribution is 5.99. The molecule has 0 spiro atoms. The number of nitrogens with zero attached hydrogens (tertiary/aromatic N) is 4. The van der Waals surface area contributed by atoms with Gasteiger partial charge in [0.15, 0.2) is 0 Å². The Morgan fingerprint density at radius 1 is 1.18 bits per heavy atom. The van der Waals surface area contributed by atoms with Crippen molar-refractivity contribution in [2.75, 3.05) is 49.7 Å². The van der Waals surface area contributed by atoms with Crippen LogP contribution in [0.3, 0.4) is 0 Å². The van der Waals surface area contributed by atoms with E-state index < -0.39 is 0 Å². The summed E-state index contributed by atoms with van der Waals surface area (Å²) in [5.74, 6) is 1.38. The fraction of sp³-hybridized carbons (Fsp3) is 0.370. The second-order valence-electron chi connectivity index (χ2n) is 9.14. The number of nitrogens with one attached hydrogen (secondary N) is 5. The fourth-order valence-electron chi connectivity index (χ4n) is 4.10. The van der Waals surface area contributed by atoms with E-state index in [0.717, 1.165) is 43.6 Å². The summed E-state index contributed by atoms with van der Waals surface area (Å²) in [7, 11) is 3.92. The van der Waals surface area contributed by atoms with Gasteiger partial charge in [-0.05, 0) is 50.6 Å². The molecule has 0 bridgehead atoms. The zero-order chi connectivity index (χ0) is 26.9. The molecule has 11 nitrogen and oxygen atoms in total. The number of rotatable bonds is 11. The molecule has 0 aliphatic carbocycles. The van der Waals surface area contributed by atoms with Crippen molar-refractivity contribution in [3.8, 4) is 5.88 Å². The van der Waals surface area contributed by atoms with Gasteiger partial charge >= 0.3 is 0 Å². The lowest BCUT2D eigenvalue weighted by Gasteiger charge is -2.29. The molecule has 0 unspecified atom stereocenters. The molecular formula is C27H35N9O2. The molecule has 3 heterocycles. The number of piperidine rings is 1. The van der Waals surface area contributed by atoms with Crippen LogP contribution < -0.4 is 26.0 Å². The first-order valence-corrected chi connectivity index (χ1v) is 12.8. The smallest absolute Gasteiger partial charge is 0.256 e. The quantitative estimate of drug-likeness (QED) is 0.239. The highest BCUT2D eigenvalue weighted by Crippen LogP contribution is 2.25. The van der Waals surface area contributed by atoms with Gasteiger partial charge in [0.05, 0.1) is 0 Å². The average molecular weight is 518 g/mol.